The molecule has 1 rings (SSSR count). The molecule has 1 aromatic carbocycles. The van der Waals surface area contributed by atoms with Crippen molar-refractivity contribution < 1.29 is 4.39 Å². The highest BCUT2D eigenvalue weighted by Crippen LogP contribution is 2.00. The number of hydrogen-bond acceptors (Lipinski definition) is 1. The first kappa shape index (κ1) is 9.11. The predicted molar refractivity (Wildman–Crippen MR) is 41.0 cm³/mol. The molecule has 1 aromatic rings. The monoisotopic (exact) mass is 141 g/mol. The number of hydrogen-bond donors (Lipinski definition) is 1. The van der Waals surface area contributed by atoms with Crippen molar-refractivity contribution in [3.63, 3.8) is 0 Å². The predicted octanol–water partition coefficient (Wildman–Crippen LogP) is 1.92. The Morgan fingerprint density at radius 3 is 2.50 bits per heavy atom. The van der Waals surface area contributed by atoms with Gasteiger partial charge in [-0.3, -0.25) is 0 Å². The minimum Gasteiger partial charge on any atom is -0.326 e. The zero-order chi connectivity index (χ0) is 6.69. The molecule has 0 heterocycles. The number of rotatable bonds is 1. The van der Waals surface area contributed by atoms with Gasteiger partial charge in [-0.05, 0) is 17.7 Å². The molecule has 0 fully saturated rings. The fourth-order valence-electron chi connectivity index (χ4n) is 0.664. The summed E-state index contributed by atoms with van der Waals surface area (Å²) >= 11 is 0. The van der Waals surface area contributed by atoms with Gasteiger partial charge in [-0.2, -0.15) is 0 Å². The van der Waals surface area contributed by atoms with E-state index in [0.717, 1.165) is 5.56 Å². The van der Waals surface area contributed by atoms with E-state index in [2.05, 4.69) is 0 Å². The van der Waals surface area contributed by atoms with Crippen molar-refractivity contribution in [2.45, 2.75) is 14.0 Å². The van der Waals surface area contributed by atoms with Crippen molar-refractivity contribution in [2.24, 2.45) is 5.73 Å². The molecule has 0 amide bonds. The number of nitrogens with two attached hydrogens (primary N) is 1. The van der Waals surface area contributed by atoms with Crippen LogP contribution in [-0.4, -0.2) is 0 Å². The summed E-state index contributed by atoms with van der Waals surface area (Å²) < 4.78 is 12.3. The molecule has 0 unspecified atom stereocenters. The Kier molecular flexibility index (Phi) is 3.65. The second kappa shape index (κ2) is 4.01. The molecule has 0 saturated heterocycles. The minimum atomic E-state index is -0.224. The van der Waals surface area contributed by atoms with Crippen LogP contribution in [0.1, 0.15) is 13.0 Å². The minimum absolute atomic E-state index is 0. The molecule has 0 aliphatic carbocycles. The van der Waals surface area contributed by atoms with Crippen LogP contribution in [0, 0.1) is 5.82 Å². The molecule has 2 N–H and O–H groups in total. The third-order valence-electron chi connectivity index (χ3n) is 1.12. The largest absolute Gasteiger partial charge is 0.326 e. The number of halogens is 1. The average Bonchev–Trinajstić information content (AvgIpc) is 1.88. The lowest BCUT2D eigenvalue weighted by atomic mass is 10.2. The van der Waals surface area contributed by atoms with Crippen molar-refractivity contribution in [1.29, 1.82) is 0 Å². The highest BCUT2D eigenvalue weighted by atomic mass is 19.1. The van der Waals surface area contributed by atoms with Crippen LogP contribution in [0.4, 0.5) is 4.39 Å². The molecular formula is C8H12FN. The van der Waals surface area contributed by atoms with Crippen LogP contribution in [0.25, 0.3) is 0 Å². The van der Waals surface area contributed by atoms with E-state index in [1.165, 1.54) is 12.1 Å². The average molecular weight is 141 g/mol. The summed E-state index contributed by atoms with van der Waals surface area (Å²) in [6, 6.07) is 6.28. The van der Waals surface area contributed by atoms with Crippen molar-refractivity contribution in [3.8, 4) is 0 Å². The van der Waals surface area contributed by atoms with E-state index in [9.17, 15) is 4.39 Å². The maximum Gasteiger partial charge on any atom is 0.123 e. The second-order valence-electron chi connectivity index (χ2n) is 1.83. The summed E-state index contributed by atoms with van der Waals surface area (Å²) in [6.45, 7) is 0.401. The van der Waals surface area contributed by atoms with Crippen molar-refractivity contribution >= 4 is 0 Å². The molecule has 2 heteroatoms. The molecule has 1 nitrogen and oxygen atoms in total. The van der Waals surface area contributed by atoms with E-state index in [0.29, 0.717) is 6.54 Å². The highest BCUT2D eigenvalue weighted by molar-refractivity contribution is 5.15. The lowest BCUT2D eigenvalue weighted by molar-refractivity contribution is 0.625. The standard InChI is InChI=1S/C7H8FN.CH4/c8-7-3-1-2-6(4-7)5-9;/h1-4H,5,9H2;1H4. The second-order valence-corrected chi connectivity index (χ2v) is 1.83. The van der Waals surface area contributed by atoms with Gasteiger partial charge in [0.15, 0.2) is 0 Å². The van der Waals surface area contributed by atoms with Crippen LogP contribution in [0.5, 0.6) is 0 Å². The number of benzene rings is 1. The SMILES string of the molecule is C.NCc1cccc(F)c1. The molecule has 0 atom stereocenters. The molecule has 0 aliphatic rings. The molecular weight excluding hydrogens is 129 g/mol. The van der Waals surface area contributed by atoms with Gasteiger partial charge in [0.25, 0.3) is 0 Å². The van der Waals surface area contributed by atoms with E-state index < -0.39 is 0 Å². The quantitative estimate of drug-likeness (QED) is 0.635. The first-order valence-corrected chi connectivity index (χ1v) is 2.77. The first-order chi connectivity index (χ1) is 4.33. The van der Waals surface area contributed by atoms with E-state index >= 15 is 0 Å². The Labute approximate surface area is 60.7 Å². The Bertz CT molecular complexity index is 198. The van der Waals surface area contributed by atoms with Gasteiger partial charge in [0, 0.05) is 6.54 Å². The lowest BCUT2D eigenvalue weighted by Crippen LogP contribution is -1.95. The third-order valence-corrected chi connectivity index (χ3v) is 1.12. The van der Waals surface area contributed by atoms with E-state index in [-0.39, 0.29) is 13.2 Å². The van der Waals surface area contributed by atoms with Gasteiger partial charge in [0.05, 0.1) is 0 Å². The van der Waals surface area contributed by atoms with Gasteiger partial charge in [-0.1, -0.05) is 19.6 Å². The lowest BCUT2D eigenvalue weighted by Gasteiger charge is -1.92. The topological polar surface area (TPSA) is 26.0 Å². The Balaban J connectivity index is 0.000000810. The van der Waals surface area contributed by atoms with Crippen molar-refractivity contribution in [1.82, 2.24) is 0 Å². The maximum atomic E-state index is 12.3. The van der Waals surface area contributed by atoms with Gasteiger partial charge < -0.3 is 5.73 Å². The van der Waals surface area contributed by atoms with Gasteiger partial charge in [0.1, 0.15) is 5.82 Å². The van der Waals surface area contributed by atoms with E-state index in [4.69, 9.17) is 5.73 Å². The maximum absolute atomic E-state index is 12.3. The van der Waals surface area contributed by atoms with Gasteiger partial charge in [0.2, 0.25) is 0 Å². The summed E-state index contributed by atoms with van der Waals surface area (Å²) in [5, 5.41) is 0. The van der Waals surface area contributed by atoms with Gasteiger partial charge >= 0.3 is 0 Å². The molecule has 0 bridgehead atoms. The van der Waals surface area contributed by atoms with Gasteiger partial charge in [-0.15, -0.1) is 0 Å². The fourth-order valence-corrected chi connectivity index (χ4v) is 0.664. The summed E-state index contributed by atoms with van der Waals surface area (Å²) in [4.78, 5) is 0. The molecule has 0 radical (unpaired) electrons. The molecule has 56 valence electrons. The third kappa shape index (κ3) is 2.15. The summed E-state index contributed by atoms with van der Waals surface area (Å²) in [5.41, 5.74) is 6.08. The Morgan fingerprint density at radius 1 is 1.40 bits per heavy atom. The molecule has 10 heavy (non-hydrogen) atoms. The molecule has 0 aromatic heterocycles. The van der Waals surface area contributed by atoms with Crippen LogP contribution in [-0.2, 0) is 6.54 Å². The summed E-state index contributed by atoms with van der Waals surface area (Å²) in [7, 11) is 0. The normalized spacial score (nSPS) is 8.60. The zero-order valence-corrected chi connectivity index (χ0v) is 4.97. The van der Waals surface area contributed by atoms with Crippen LogP contribution >= 0.6 is 0 Å². The molecule has 0 spiro atoms. The smallest absolute Gasteiger partial charge is 0.123 e. The summed E-state index contributed by atoms with van der Waals surface area (Å²) in [6.07, 6.45) is 0. The first-order valence-electron chi connectivity index (χ1n) is 2.77. The van der Waals surface area contributed by atoms with Crippen molar-refractivity contribution in [2.75, 3.05) is 0 Å². The Morgan fingerprint density at radius 2 is 2.10 bits per heavy atom. The molecule has 0 aliphatic heterocycles. The zero-order valence-electron chi connectivity index (χ0n) is 4.97. The highest BCUT2D eigenvalue weighted by Gasteiger charge is 1.89. The molecule has 0 saturated carbocycles. The Hall–Kier alpha value is -0.890. The van der Waals surface area contributed by atoms with Crippen LogP contribution < -0.4 is 5.73 Å². The van der Waals surface area contributed by atoms with Crippen LogP contribution in [0.15, 0.2) is 24.3 Å². The fraction of sp³-hybridized carbons (Fsp3) is 0.250. The van der Waals surface area contributed by atoms with E-state index in [1.807, 2.05) is 0 Å². The van der Waals surface area contributed by atoms with Crippen LogP contribution in [0.3, 0.4) is 0 Å². The van der Waals surface area contributed by atoms with E-state index in [1.54, 1.807) is 12.1 Å². The van der Waals surface area contributed by atoms with Crippen LogP contribution in [0.2, 0.25) is 0 Å². The van der Waals surface area contributed by atoms with Gasteiger partial charge in [-0.25, -0.2) is 4.39 Å². The van der Waals surface area contributed by atoms with Crippen molar-refractivity contribution in [3.05, 3.63) is 35.6 Å². The summed E-state index contributed by atoms with van der Waals surface area (Å²) in [5.74, 6) is -0.224.